The SMILES string of the molecule is CC(C)(C)OC(=O)NC/C(=C\F)Cn1ncn(-c2cccc(Br)c2)c1=O. The topological polar surface area (TPSA) is 78.2 Å². The van der Waals surface area contributed by atoms with E-state index < -0.39 is 17.4 Å². The van der Waals surface area contributed by atoms with E-state index in [0.29, 0.717) is 12.0 Å². The zero-order valence-corrected chi connectivity index (χ0v) is 16.3. The Bertz CT molecular complexity index is 867. The highest BCUT2D eigenvalue weighted by atomic mass is 79.9. The summed E-state index contributed by atoms with van der Waals surface area (Å²) in [5, 5.41) is 6.45. The van der Waals surface area contributed by atoms with Crippen molar-refractivity contribution in [2.24, 2.45) is 0 Å². The molecule has 140 valence electrons. The Morgan fingerprint density at radius 1 is 1.42 bits per heavy atom. The Balaban J connectivity index is 2.06. The Morgan fingerprint density at radius 3 is 2.77 bits per heavy atom. The molecule has 26 heavy (non-hydrogen) atoms. The summed E-state index contributed by atoms with van der Waals surface area (Å²) in [4.78, 5) is 24.1. The molecule has 0 atom stereocenters. The third-order valence-corrected chi connectivity index (χ3v) is 3.68. The Labute approximate surface area is 158 Å². The van der Waals surface area contributed by atoms with E-state index in [-0.39, 0.29) is 18.7 Å². The highest BCUT2D eigenvalue weighted by Gasteiger charge is 2.16. The molecule has 7 nitrogen and oxygen atoms in total. The number of alkyl carbamates (subject to hydrolysis) is 1. The summed E-state index contributed by atoms with van der Waals surface area (Å²) in [6, 6.07) is 7.16. The van der Waals surface area contributed by atoms with Gasteiger partial charge in [0.25, 0.3) is 0 Å². The first-order chi connectivity index (χ1) is 12.2. The van der Waals surface area contributed by atoms with Crippen molar-refractivity contribution in [2.45, 2.75) is 32.9 Å². The van der Waals surface area contributed by atoms with Crippen molar-refractivity contribution in [3.8, 4) is 5.69 Å². The van der Waals surface area contributed by atoms with Gasteiger partial charge in [-0.3, -0.25) is 0 Å². The fraction of sp³-hybridized carbons (Fsp3) is 0.353. The van der Waals surface area contributed by atoms with Crippen molar-refractivity contribution in [1.29, 1.82) is 0 Å². The molecule has 9 heteroatoms. The van der Waals surface area contributed by atoms with Gasteiger partial charge < -0.3 is 10.1 Å². The van der Waals surface area contributed by atoms with Crippen LogP contribution in [0.5, 0.6) is 0 Å². The third kappa shape index (κ3) is 5.55. The van der Waals surface area contributed by atoms with Crippen molar-refractivity contribution in [1.82, 2.24) is 19.7 Å². The Kier molecular flexibility index (Phi) is 6.36. The van der Waals surface area contributed by atoms with Crippen molar-refractivity contribution >= 4 is 22.0 Å². The van der Waals surface area contributed by atoms with Crippen LogP contribution in [-0.4, -0.2) is 32.6 Å². The fourth-order valence-corrected chi connectivity index (χ4v) is 2.46. The minimum absolute atomic E-state index is 0.0911. The molecule has 1 aromatic heterocycles. The molecule has 2 rings (SSSR count). The normalized spacial score (nSPS) is 12.1. The van der Waals surface area contributed by atoms with Crippen LogP contribution in [0.1, 0.15) is 20.8 Å². The lowest BCUT2D eigenvalue weighted by atomic mass is 10.2. The molecule has 1 heterocycles. The number of hydrogen-bond acceptors (Lipinski definition) is 4. The lowest BCUT2D eigenvalue weighted by Crippen LogP contribution is -2.34. The summed E-state index contributed by atoms with van der Waals surface area (Å²) in [6.45, 7) is 5.00. The van der Waals surface area contributed by atoms with E-state index >= 15 is 0 Å². The second-order valence-electron chi connectivity index (χ2n) is 6.54. The number of amides is 1. The Hall–Kier alpha value is -2.42. The number of ether oxygens (including phenoxy) is 1. The number of carbonyl (C=O) groups is 1. The van der Waals surface area contributed by atoms with E-state index in [0.717, 1.165) is 9.15 Å². The van der Waals surface area contributed by atoms with E-state index in [4.69, 9.17) is 4.74 Å². The van der Waals surface area contributed by atoms with Gasteiger partial charge in [-0.15, -0.1) is 0 Å². The van der Waals surface area contributed by atoms with Crippen LogP contribution < -0.4 is 11.0 Å². The van der Waals surface area contributed by atoms with E-state index in [1.165, 1.54) is 10.9 Å². The molecule has 1 N–H and O–H groups in total. The van der Waals surface area contributed by atoms with Crippen LogP contribution in [0.4, 0.5) is 9.18 Å². The molecule has 2 aromatic rings. The molecule has 0 aliphatic heterocycles. The molecule has 0 aliphatic rings. The van der Waals surface area contributed by atoms with E-state index in [1.54, 1.807) is 39.0 Å². The number of nitrogens with zero attached hydrogens (tertiary/aromatic N) is 3. The van der Waals surface area contributed by atoms with E-state index in [1.807, 2.05) is 6.07 Å². The van der Waals surface area contributed by atoms with E-state index in [9.17, 15) is 14.0 Å². The van der Waals surface area contributed by atoms with Gasteiger partial charge in [-0.05, 0) is 44.5 Å². The number of halogens is 2. The maximum absolute atomic E-state index is 13.1. The second kappa shape index (κ2) is 8.31. The number of hydrogen-bond donors (Lipinski definition) is 1. The summed E-state index contributed by atoms with van der Waals surface area (Å²) in [7, 11) is 0. The first kappa shape index (κ1) is 19.9. The van der Waals surface area contributed by atoms with Gasteiger partial charge >= 0.3 is 11.8 Å². The average Bonchev–Trinajstić information content (AvgIpc) is 2.90. The molecule has 1 amide bonds. The minimum Gasteiger partial charge on any atom is -0.444 e. The third-order valence-electron chi connectivity index (χ3n) is 3.19. The summed E-state index contributed by atoms with van der Waals surface area (Å²) in [6.07, 6.45) is 1.05. The van der Waals surface area contributed by atoms with Gasteiger partial charge in [-0.2, -0.15) is 5.10 Å². The first-order valence-corrected chi connectivity index (χ1v) is 8.64. The lowest BCUT2D eigenvalue weighted by Gasteiger charge is -2.19. The molecule has 0 spiro atoms. The van der Waals surface area contributed by atoms with Crippen LogP contribution in [0.2, 0.25) is 0 Å². The number of nitrogens with one attached hydrogen (secondary N) is 1. The number of aromatic nitrogens is 3. The van der Waals surface area contributed by atoms with Crippen molar-refractivity contribution in [3.63, 3.8) is 0 Å². The maximum Gasteiger partial charge on any atom is 0.407 e. The predicted molar refractivity (Wildman–Crippen MR) is 99.0 cm³/mol. The average molecular weight is 427 g/mol. The molecule has 0 unspecified atom stereocenters. The largest absolute Gasteiger partial charge is 0.444 e. The zero-order chi connectivity index (χ0) is 19.3. The first-order valence-electron chi connectivity index (χ1n) is 7.85. The standard InChI is InChI=1S/C17H20BrFN4O3/c1-17(2,3)26-15(24)20-9-12(8-19)10-23-16(25)22(11-21-23)14-6-4-5-13(18)7-14/h4-8,11H,9-10H2,1-3H3,(H,20,24)/b12-8+. The van der Waals surface area contributed by atoms with Crippen LogP contribution >= 0.6 is 15.9 Å². The van der Waals surface area contributed by atoms with Crippen LogP contribution in [0.3, 0.4) is 0 Å². The number of rotatable bonds is 5. The van der Waals surface area contributed by atoms with Gasteiger partial charge in [0.2, 0.25) is 0 Å². The van der Waals surface area contributed by atoms with Crippen molar-refractivity contribution in [3.05, 3.63) is 57.5 Å². The number of benzene rings is 1. The molecule has 0 fully saturated rings. The predicted octanol–water partition coefficient (Wildman–Crippen LogP) is 3.17. The second-order valence-corrected chi connectivity index (χ2v) is 7.46. The van der Waals surface area contributed by atoms with Gasteiger partial charge in [-0.25, -0.2) is 23.2 Å². The summed E-state index contributed by atoms with van der Waals surface area (Å²) in [5.74, 6) is 0. The molecule has 1 aromatic carbocycles. The monoisotopic (exact) mass is 426 g/mol. The maximum atomic E-state index is 13.1. The molecule has 0 radical (unpaired) electrons. The zero-order valence-electron chi connectivity index (χ0n) is 14.7. The lowest BCUT2D eigenvalue weighted by molar-refractivity contribution is 0.0532. The number of carbonyl (C=O) groups excluding carboxylic acids is 1. The van der Waals surface area contributed by atoms with Crippen molar-refractivity contribution < 1.29 is 13.9 Å². The molecule has 0 saturated heterocycles. The summed E-state index contributed by atoms with van der Waals surface area (Å²) in [5.41, 5.74) is -0.256. The van der Waals surface area contributed by atoms with Crippen LogP contribution in [0.25, 0.3) is 5.69 Å². The van der Waals surface area contributed by atoms with Gasteiger partial charge in [0, 0.05) is 11.0 Å². The van der Waals surface area contributed by atoms with Crippen molar-refractivity contribution in [2.75, 3.05) is 6.54 Å². The van der Waals surface area contributed by atoms with Crippen LogP contribution in [-0.2, 0) is 11.3 Å². The van der Waals surface area contributed by atoms with Gasteiger partial charge in [0.15, 0.2) is 0 Å². The van der Waals surface area contributed by atoms with Gasteiger partial charge in [0.05, 0.1) is 18.6 Å². The summed E-state index contributed by atoms with van der Waals surface area (Å²) < 4.78 is 21.5. The van der Waals surface area contributed by atoms with Crippen LogP contribution in [0, 0.1) is 0 Å². The molecular weight excluding hydrogens is 407 g/mol. The highest BCUT2D eigenvalue weighted by molar-refractivity contribution is 9.10. The minimum atomic E-state index is -0.663. The quantitative estimate of drug-likeness (QED) is 0.795. The highest BCUT2D eigenvalue weighted by Crippen LogP contribution is 2.13. The van der Waals surface area contributed by atoms with Gasteiger partial charge in [0.1, 0.15) is 11.9 Å². The van der Waals surface area contributed by atoms with E-state index in [2.05, 4.69) is 26.3 Å². The smallest absolute Gasteiger partial charge is 0.407 e. The molecule has 0 bridgehead atoms. The molecule has 0 aliphatic carbocycles. The van der Waals surface area contributed by atoms with Gasteiger partial charge in [-0.1, -0.05) is 22.0 Å². The molecule has 0 saturated carbocycles. The Morgan fingerprint density at radius 2 is 2.15 bits per heavy atom. The summed E-state index contributed by atoms with van der Waals surface area (Å²) >= 11 is 3.34. The fourth-order valence-electron chi connectivity index (χ4n) is 2.07. The molecular formula is C17H20BrFN4O3. The van der Waals surface area contributed by atoms with Crippen LogP contribution in [0.15, 0.2) is 51.8 Å².